The van der Waals surface area contributed by atoms with Crippen molar-refractivity contribution >= 4 is 5.82 Å². The van der Waals surface area contributed by atoms with Crippen molar-refractivity contribution in [3.8, 4) is 5.75 Å². The van der Waals surface area contributed by atoms with Crippen LogP contribution < -0.4 is 9.64 Å². The number of hydrogen-bond acceptors (Lipinski definition) is 6. The molecular formula is C22H28N4O2. The predicted molar refractivity (Wildman–Crippen MR) is 108 cm³/mol. The van der Waals surface area contributed by atoms with Crippen LogP contribution in [-0.2, 0) is 17.8 Å². The van der Waals surface area contributed by atoms with Gasteiger partial charge in [0, 0.05) is 51.3 Å². The summed E-state index contributed by atoms with van der Waals surface area (Å²) in [6, 6.07) is 8.30. The molecule has 6 heteroatoms. The van der Waals surface area contributed by atoms with Gasteiger partial charge in [-0.1, -0.05) is 18.2 Å². The lowest BCUT2D eigenvalue weighted by molar-refractivity contribution is 0.0712. The van der Waals surface area contributed by atoms with E-state index in [9.17, 15) is 0 Å². The minimum absolute atomic E-state index is 0.428. The molecule has 5 rings (SSSR count). The maximum Gasteiger partial charge on any atom is 0.136 e. The van der Waals surface area contributed by atoms with Gasteiger partial charge in [-0.05, 0) is 31.4 Å². The number of anilines is 1. The molecule has 2 saturated heterocycles. The van der Waals surface area contributed by atoms with Crippen LogP contribution in [0.15, 0.2) is 24.3 Å². The lowest BCUT2D eigenvalue weighted by atomic mass is 10.0. The Morgan fingerprint density at radius 1 is 1.11 bits per heavy atom. The molecule has 1 aromatic carbocycles. The molecule has 0 saturated carbocycles. The molecule has 0 unspecified atom stereocenters. The highest BCUT2D eigenvalue weighted by atomic mass is 16.5. The van der Waals surface area contributed by atoms with Gasteiger partial charge in [0.05, 0.1) is 11.8 Å². The molecule has 0 spiro atoms. The fourth-order valence-electron chi connectivity index (χ4n) is 4.55. The third kappa shape index (κ3) is 3.59. The van der Waals surface area contributed by atoms with Crippen molar-refractivity contribution < 1.29 is 9.47 Å². The van der Waals surface area contributed by atoms with Gasteiger partial charge in [0.15, 0.2) is 0 Å². The van der Waals surface area contributed by atoms with E-state index >= 15 is 0 Å². The maximum atomic E-state index is 6.03. The van der Waals surface area contributed by atoms with E-state index in [4.69, 9.17) is 19.4 Å². The third-order valence-electron chi connectivity index (χ3n) is 6.04. The molecule has 3 aliphatic rings. The zero-order valence-corrected chi connectivity index (χ0v) is 16.6. The quantitative estimate of drug-likeness (QED) is 0.816. The van der Waals surface area contributed by atoms with Crippen molar-refractivity contribution in [2.75, 3.05) is 44.2 Å². The number of nitrogens with zero attached hydrogens (tertiary/aromatic N) is 4. The Bertz CT molecular complexity index is 842. The summed E-state index contributed by atoms with van der Waals surface area (Å²) in [4.78, 5) is 14.6. The van der Waals surface area contributed by atoms with Gasteiger partial charge < -0.3 is 14.4 Å². The Hall–Kier alpha value is -2.18. The number of fused-ring (bicyclic) bond motifs is 2. The van der Waals surface area contributed by atoms with Crippen LogP contribution in [0.3, 0.4) is 0 Å². The molecule has 0 aliphatic carbocycles. The lowest BCUT2D eigenvalue weighted by Gasteiger charge is -2.37. The summed E-state index contributed by atoms with van der Waals surface area (Å²) in [5, 5.41) is 0. The molecule has 28 heavy (non-hydrogen) atoms. The molecule has 0 amide bonds. The van der Waals surface area contributed by atoms with Crippen molar-refractivity contribution in [2.24, 2.45) is 0 Å². The summed E-state index contributed by atoms with van der Waals surface area (Å²) < 4.78 is 11.8. The Morgan fingerprint density at radius 2 is 1.96 bits per heavy atom. The standard InChI is InChI=1S/C22H28N4O2/c1-16-23-20-15-28-21-7-3-2-5-17(21)13-19(20)22(24-16)26-10-8-25(9-11-26)14-18-6-4-12-27-18/h2-3,5,7,18H,4,6,8-15H2,1H3/t18-/m1/s1. The van der Waals surface area contributed by atoms with Crippen LogP contribution in [0, 0.1) is 6.92 Å². The lowest BCUT2D eigenvalue weighted by Crippen LogP contribution is -2.49. The minimum Gasteiger partial charge on any atom is -0.487 e. The predicted octanol–water partition coefficient (Wildman–Crippen LogP) is 2.57. The molecule has 0 bridgehead atoms. The summed E-state index contributed by atoms with van der Waals surface area (Å²) in [6.45, 7) is 8.61. The van der Waals surface area contributed by atoms with Gasteiger partial charge in [-0.3, -0.25) is 4.90 Å². The normalized spacial score (nSPS) is 22.3. The average molecular weight is 380 g/mol. The largest absolute Gasteiger partial charge is 0.487 e. The van der Waals surface area contributed by atoms with Gasteiger partial charge in [0.2, 0.25) is 0 Å². The number of aryl methyl sites for hydroxylation is 1. The van der Waals surface area contributed by atoms with Crippen LogP contribution in [-0.4, -0.2) is 60.3 Å². The van der Waals surface area contributed by atoms with Crippen molar-refractivity contribution in [1.29, 1.82) is 0 Å². The van der Waals surface area contributed by atoms with E-state index in [1.165, 1.54) is 24.0 Å². The van der Waals surface area contributed by atoms with Gasteiger partial charge in [-0.2, -0.15) is 0 Å². The summed E-state index contributed by atoms with van der Waals surface area (Å²) in [7, 11) is 0. The highest BCUT2D eigenvalue weighted by Gasteiger charge is 2.27. The van der Waals surface area contributed by atoms with Crippen molar-refractivity contribution in [3.63, 3.8) is 0 Å². The molecule has 4 heterocycles. The minimum atomic E-state index is 0.428. The average Bonchev–Trinajstić information content (AvgIpc) is 3.15. The number of para-hydroxylation sites is 1. The molecule has 1 aromatic heterocycles. The highest BCUT2D eigenvalue weighted by Crippen LogP contribution is 2.32. The van der Waals surface area contributed by atoms with E-state index in [0.717, 1.165) is 68.8 Å². The highest BCUT2D eigenvalue weighted by molar-refractivity contribution is 5.54. The molecular weight excluding hydrogens is 352 g/mol. The smallest absolute Gasteiger partial charge is 0.136 e. The Labute approximate surface area is 166 Å². The second-order valence-corrected chi connectivity index (χ2v) is 8.02. The van der Waals surface area contributed by atoms with Gasteiger partial charge in [-0.15, -0.1) is 0 Å². The SMILES string of the molecule is Cc1nc2c(c(N3CCN(C[C@H]4CCCO4)CC3)n1)Cc1ccccc1OC2. The molecule has 1 atom stereocenters. The summed E-state index contributed by atoms with van der Waals surface area (Å²) in [5.74, 6) is 2.88. The first kappa shape index (κ1) is 17.9. The number of ether oxygens (including phenoxy) is 2. The first-order valence-electron chi connectivity index (χ1n) is 10.4. The van der Waals surface area contributed by atoms with Gasteiger partial charge in [0.25, 0.3) is 0 Å². The Kier molecular flexibility index (Phi) is 4.91. The zero-order chi connectivity index (χ0) is 18.9. The summed E-state index contributed by atoms with van der Waals surface area (Å²) in [5.41, 5.74) is 3.47. The number of hydrogen-bond donors (Lipinski definition) is 0. The van der Waals surface area contributed by atoms with Gasteiger partial charge >= 0.3 is 0 Å². The number of rotatable bonds is 3. The van der Waals surface area contributed by atoms with Crippen LogP contribution in [0.4, 0.5) is 5.82 Å². The van der Waals surface area contributed by atoms with Crippen molar-refractivity contribution in [2.45, 2.75) is 38.9 Å². The molecule has 3 aliphatic heterocycles. The van der Waals surface area contributed by atoms with E-state index in [0.29, 0.717) is 12.7 Å². The van der Waals surface area contributed by atoms with Crippen LogP contribution in [0.2, 0.25) is 0 Å². The van der Waals surface area contributed by atoms with Gasteiger partial charge in [0.1, 0.15) is 24.0 Å². The first-order chi connectivity index (χ1) is 13.8. The monoisotopic (exact) mass is 380 g/mol. The van der Waals surface area contributed by atoms with Gasteiger partial charge in [-0.25, -0.2) is 9.97 Å². The fraction of sp³-hybridized carbons (Fsp3) is 0.545. The molecule has 2 aromatic rings. The number of piperazine rings is 1. The van der Waals surface area contributed by atoms with E-state index in [2.05, 4.69) is 21.9 Å². The molecule has 148 valence electrons. The third-order valence-corrected chi connectivity index (χ3v) is 6.04. The van der Waals surface area contributed by atoms with Crippen molar-refractivity contribution in [1.82, 2.24) is 14.9 Å². The Morgan fingerprint density at radius 3 is 2.79 bits per heavy atom. The van der Waals surface area contributed by atoms with Crippen molar-refractivity contribution in [3.05, 3.63) is 46.9 Å². The molecule has 0 N–H and O–H groups in total. The Balaban J connectivity index is 1.36. The summed E-state index contributed by atoms with van der Waals surface area (Å²) in [6.07, 6.45) is 3.67. The van der Waals surface area contributed by atoms with E-state index in [1.807, 2.05) is 19.1 Å². The summed E-state index contributed by atoms with van der Waals surface area (Å²) >= 11 is 0. The van der Waals surface area contributed by atoms with E-state index in [-0.39, 0.29) is 0 Å². The molecule has 0 radical (unpaired) electrons. The van der Waals surface area contributed by atoms with E-state index < -0.39 is 0 Å². The van der Waals surface area contributed by atoms with Crippen LogP contribution >= 0.6 is 0 Å². The van der Waals surface area contributed by atoms with Crippen LogP contribution in [0.1, 0.15) is 35.5 Å². The number of aromatic nitrogens is 2. The first-order valence-corrected chi connectivity index (χ1v) is 10.4. The number of benzene rings is 1. The fourth-order valence-corrected chi connectivity index (χ4v) is 4.55. The van der Waals surface area contributed by atoms with E-state index in [1.54, 1.807) is 0 Å². The zero-order valence-electron chi connectivity index (χ0n) is 16.6. The maximum absolute atomic E-state index is 6.03. The molecule has 6 nitrogen and oxygen atoms in total. The second-order valence-electron chi connectivity index (χ2n) is 8.02. The van der Waals surface area contributed by atoms with Crippen LogP contribution in [0.5, 0.6) is 5.75 Å². The second kappa shape index (κ2) is 7.68. The van der Waals surface area contributed by atoms with Crippen LogP contribution in [0.25, 0.3) is 0 Å². The molecule has 2 fully saturated rings. The topological polar surface area (TPSA) is 50.7 Å².